The SMILES string of the molecule is CC/C=C\C/C=C\C/C=C\C/C=C\CCCCC(=O)OCC(COC(=O)CCCCCCCCCCCCCCCCCCCCCCCCCCCCCCCCCC)OC(=O)CCCCCCCCC/C=C\CCCCCCCC. The highest BCUT2D eigenvalue weighted by molar-refractivity contribution is 5.71. The van der Waals surface area contributed by atoms with Gasteiger partial charge in [0, 0.05) is 19.3 Å². The third kappa shape index (κ3) is 67.9. The Bertz CT molecular complexity index is 1460. The molecule has 0 N–H and O–H groups in total. The van der Waals surface area contributed by atoms with E-state index in [1.165, 1.54) is 263 Å². The molecule has 0 aliphatic heterocycles. The van der Waals surface area contributed by atoms with Gasteiger partial charge in [0.05, 0.1) is 0 Å². The Morgan fingerprint density at radius 2 is 0.476 bits per heavy atom. The number of hydrogen-bond acceptors (Lipinski definition) is 6. The van der Waals surface area contributed by atoms with E-state index < -0.39 is 6.10 Å². The minimum Gasteiger partial charge on any atom is -0.462 e. The zero-order chi connectivity index (χ0) is 59.2. The molecular weight excluding hydrogens is 1010 g/mol. The van der Waals surface area contributed by atoms with Gasteiger partial charge in [-0.1, -0.05) is 345 Å². The second-order valence-electron chi connectivity index (χ2n) is 24.5. The molecule has 0 radical (unpaired) electrons. The van der Waals surface area contributed by atoms with Crippen LogP contribution in [0.15, 0.2) is 60.8 Å². The van der Waals surface area contributed by atoms with Gasteiger partial charge in [-0.05, 0) is 83.5 Å². The average Bonchev–Trinajstić information content (AvgIpc) is 3.48. The van der Waals surface area contributed by atoms with Gasteiger partial charge in [0.25, 0.3) is 0 Å². The topological polar surface area (TPSA) is 78.9 Å². The summed E-state index contributed by atoms with van der Waals surface area (Å²) >= 11 is 0. The van der Waals surface area contributed by atoms with Crippen molar-refractivity contribution in [2.75, 3.05) is 13.2 Å². The van der Waals surface area contributed by atoms with Crippen LogP contribution < -0.4 is 0 Å². The Balaban J connectivity index is 4.18. The molecule has 0 saturated heterocycles. The third-order valence-corrected chi connectivity index (χ3v) is 16.3. The summed E-state index contributed by atoms with van der Waals surface area (Å²) in [5.41, 5.74) is 0. The number of ether oxygens (including phenoxy) is 3. The number of esters is 3. The van der Waals surface area contributed by atoms with Gasteiger partial charge in [-0.15, -0.1) is 0 Å². The number of allylic oxidation sites excluding steroid dienone is 10. The summed E-state index contributed by atoms with van der Waals surface area (Å²) in [4.78, 5) is 38.4. The summed E-state index contributed by atoms with van der Waals surface area (Å²) in [6.07, 6.45) is 91.4. The molecule has 0 heterocycles. The Morgan fingerprint density at radius 1 is 0.256 bits per heavy atom. The zero-order valence-corrected chi connectivity index (χ0v) is 55.0. The molecule has 1 atom stereocenters. The smallest absolute Gasteiger partial charge is 0.306 e. The molecule has 0 spiro atoms. The molecule has 0 amide bonds. The minimum atomic E-state index is -0.794. The molecule has 0 aliphatic carbocycles. The lowest BCUT2D eigenvalue weighted by atomic mass is 10.0. The van der Waals surface area contributed by atoms with Gasteiger partial charge in [-0.2, -0.15) is 0 Å². The Morgan fingerprint density at radius 3 is 0.780 bits per heavy atom. The number of unbranched alkanes of at least 4 members (excludes halogenated alkanes) is 46. The van der Waals surface area contributed by atoms with Crippen molar-refractivity contribution in [3.63, 3.8) is 0 Å². The van der Waals surface area contributed by atoms with E-state index in [4.69, 9.17) is 14.2 Å². The van der Waals surface area contributed by atoms with Crippen LogP contribution in [0.3, 0.4) is 0 Å². The van der Waals surface area contributed by atoms with Crippen LogP contribution >= 0.6 is 0 Å². The lowest BCUT2D eigenvalue weighted by molar-refractivity contribution is -0.167. The highest BCUT2D eigenvalue weighted by Gasteiger charge is 2.19. The van der Waals surface area contributed by atoms with Gasteiger partial charge in [-0.3, -0.25) is 14.4 Å². The zero-order valence-electron chi connectivity index (χ0n) is 55.0. The van der Waals surface area contributed by atoms with E-state index >= 15 is 0 Å². The van der Waals surface area contributed by atoms with E-state index in [1.807, 2.05) is 0 Å². The van der Waals surface area contributed by atoms with E-state index in [0.29, 0.717) is 19.3 Å². The molecule has 6 nitrogen and oxygen atoms in total. The third-order valence-electron chi connectivity index (χ3n) is 16.3. The van der Waals surface area contributed by atoms with Crippen LogP contribution in [-0.4, -0.2) is 37.2 Å². The first kappa shape index (κ1) is 79.1. The van der Waals surface area contributed by atoms with E-state index in [9.17, 15) is 14.4 Å². The quantitative estimate of drug-likeness (QED) is 0.0261. The first-order valence-electron chi connectivity index (χ1n) is 36.3. The molecule has 82 heavy (non-hydrogen) atoms. The molecule has 1 unspecified atom stereocenters. The maximum Gasteiger partial charge on any atom is 0.306 e. The lowest BCUT2D eigenvalue weighted by Crippen LogP contribution is -2.30. The summed E-state index contributed by atoms with van der Waals surface area (Å²) < 4.78 is 16.9. The summed E-state index contributed by atoms with van der Waals surface area (Å²) in [6.45, 7) is 6.54. The van der Waals surface area contributed by atoms with Crippen LogP contribution in [0.2, 0.25) is 0 Å². The number of carbonyl (C=O) groups excluding carboxylic acids is 3. The molecule has 0 aromatic heterocycles. The van der Waals surface area contributed by atoms with Crippen molar-refractivity contribution in [2.24, 2.45) is 0 Å². The minimum absolute atomic E-state index is 0.0858. The standard InChI is InChI=1S/C76H138O6/c1-4-7-10-13-16-19-22-25-28-30-31-32-33-34-35-36-37-38-39-40-41-42-43-44-46-48-51-54-57-60-63-66-69-75(78)81-72-73(71-80-74(77)68-65-62-59-56-53-50-47-27-24-21-18-15-12-9-6-3)82-76(79)70-67-64-61-58-55-52-49-45-29-26-23-20-17-14-11-8-5-2/h9,12,18,21,26-27,29,47,53,56,73H,4-8,10-11,13-17,19-20,22-25,28,30-46,48-52,54-55,57-72H2,1-3H3/b12-9-,21-18-,29-26-,47-27-,56-53-. The maximum absolute atomic E-state index is 12.9. The van der Waals surface area contributed by atoms with Crippen molar-refractivity contribution in [1.82, 2.24) is 0 Å². The van der Waals surface area contributed by atoms with Gasteiger partial charge in [0.15, 0.2) is 6.10 Å². The van der Waals surface area contributed by atoms with Crippen molar-refractivity contribution in [1.29, 1.82) is 0 Å². The fourth-order valence-electron chi connectivity index (χ4n) is 10.8. The van der Waals surface area contributed by atoms with E-state index in [1.54, 1.807) is 0 Å². The van der Waals surface area contributed by atoms with Gasteiger partial charge in [0.1, 0.15) is 13.2 Å². The molecule has 0 bridgehead atoms. The van der Waals surface area contributed by atoms with Gasteiger partial charge in [-0.25, -0.2) is 0 Å². The molecular formula is C76H138O6. The van der Waals surface area contributed by atoms with E-state index in [2.05, 4.69) is 81.5 Å². The second-order valence-corrected chi connectivity index (χ2v) is 24.5. The number of carbonyl (C=O) groups is 3. The van der Waals surface area contributed by atoms with Crippen LogP contribution in [0, 0.1) is 0 Å². The molecule has 0 aromatic rings. The fraction of sp³-hybridized carbons (Fsp3) is 0.829. The second kappa shape index (κ2) is 70.6. The van der Waals surface area contributed by atoms with Crippen molar-refractivity contribution in [2.45, 2.75) is 393 Å². The molecule has 0 fully saturated rings. The maximum atomic E-state index is 12.9. The van der Waals surface area contributed by atoms with E-state index in [-0.39, 0.29) is 31.1 Å². The predicted molar refractivity (Wildman–Crippen MR) is 358 cm³/mol. The van der Waals surface area contributed by atoms with Gasteiger partial charge in [0.2, 0.25) is 0 Å². The van der Waals surface area contributed by atoms with Crippen LogP contribution in [0.4, 0.5) is 0 Å². The fourth-order valence-corrected chi connectivity index (χ4v) is 10.8. The highest BCUT2D eigenvalue weighted by atomic mass is 16.6. The average molecular weight is 1150 g/mol. The first-order valence-corrected chi connectivity index (χ1v) is 36.3. The Kier molecular flexibility index (Phi) is 68.1. The molecule has 0 aromatic carbocycles. The van der Waals surface area contributed by atoms with Crippen molar-refractivity contribution in [3.8, 4) is 0 Å². The van der Waals surface area contributed by atoms with Crippen molar-refractivity contribution >= 4 is 17.9 Å². The number of hydrogen-bond donors (Lipinski definition) is 0. The summed E-state index contributed by atoms with van der Waals surface area (Å²) in [5.74, 6) is -0.912. The van der Waals surface area contributed by atoms with Crippen molar-refractivity contribution < 1.29 is 28.6 Å². The molecule has 478 valence electrons. The lowest BCUT2D eigenvalue weighted by Gasteiger charge is -2.18. The van der Waals surface area contributed by atoms with Gasteiger partial charge < -0.3 is 14.2 Å². The normalized spacial score (nSPS) is 12.4. The monoisotopic (exact) mass is 1150 g/mol. The highest BCUT2D eigenvalue weighted by Crippen LogP contribution is 2.19. The molecule has 6 heteroatoms. The first-order chi connectivity index (χ1) is 40.5. The number of rotatable bonds is 67. The van der Waals surface area contributed by atoms with Gasteiger partial charge >= 0.3 is 17.9 Å². The van der Waals surface area contributed by atoms with Crippen LogP contribution in [0.1, 0.15) is 387 Å². The van der Waals surface area contributed by atoms with E-state index in [0.717, 1.165) is 83.5 Å². The Labute approximate surface area is 510 Å². The summed E-state index contributed by atoms with van der Waals surface area (Å²) in [7, 11) is 0. The largest absolute Gasteiger partial charge is 0.462 e. The molecule has 0 rings (SSSR count). The molecule has 0 saturated carbocycles. The van der Waals surface area contributed by atoms with Crippen LogP contribution in [0.25, 0.3) is 0 Å². The van der Waals surface area contributed by atoms with Crippen LogP contribution in [-0.2, 0) is 28.6 Å². The summed E-state index contributed by atoms with van der Waals surface area (Å²) in [5, 5.41) is 0. The molecule has 0 aliphatic rings. The predicted octanol–water partition coefficient (Wildman–Crippen LogP) is 25.1. The summed E-state index contributed by atoms with van der Waals surface area (Å²) in [6, 6.07) is 0. The Hall–Kier alpha value is -2.89. The van der Waals surface area contributed by atoms with Crippen LogP contribution in [0.5, 0.6) is 0 Å². The van der Waals surface area contributed by atoms with Crippen molar-refractivity contribution in [3.05, 3.63) is 60.8 Å².